The van der Waals surface area contributed by atoms with Gasteiger partial charge in [0.15, 0.2) is 11.6 Å². The highest BCUT2D eigenvalue weighted by molar-refractivity contribution is 5.79. The number of ether oxygens (including phenoxy) is 2. The van der Waals surface area contributed by atoms with Crippen LogP contribution < -0.4 is 4.74 Å². The fourth-order valence-electron chi connectivity index (χ4n) is 4.77. The second-order valence-corrected chi connectivity index (χ2v) is 9.35. The molecule has 6 nitrogen and oxygen atoms in total. The number of aryl methyl sites for hydroxylation is 1. The zero-order chi connectivity index (χ0) is 24.2. The molecule has 1 amide bonds. The molecule has 0 unspecified atom stereocenters. The lowest BCUT2D eigenvalue weighted by atomic mass is 9.84. The summed E-state index contributed by atoms with van der Waals surface area (Å²) >= 11 is 0. The van der Waals surface area contributed by atoms with E-state index in [1.165, 1.54) is 6.07 Å². The summed E-state index contributed by atoms with van der Waals surface area (Å²) in [7, 11) is 0. The Balaban J connectivity index is 1.55. The number of amides is 1. The van der Waals surface area contributed by atoms with Gasteiger partial charge in [0.25, 0.3) is 0 Å². The summed E-state index contributed by atoms with van der Waals surface area (Å²) in [5.41, 5.74) is 2.46. The zero-order valence-electron chi connectivity index (χ0n) is 20.2. The maximum Gasteiger partial charge on any atom is 0.228 e. The van der Waals surface area contributed by atoms with Crippen molar-refractivity contribution in [2.45, 2.75) is 58.1 Å². The van der Waals surface area contributed by atoms with E-state index in [2.05, 4.69) is 0 Å². The number of para-hydroxylation sites is 2. The van der Waals surface area contributed by atoms with Gasteiger partial charge in [-0.3, -0.25) is 4.79 Å². The Bertz CT molecular complexity index is 1150. The third-order valence-electron chi connectivity index (χ3n) is 6.96. The standard InChI is InChI=1S/C28H32FN3O3/c1-2-25-23(19-31(18-22-14-9-17-34-22)27(33)20-10-8-11-20)28(35-26-16-7-6-15-24(26)29)32(30-25)21-12-4-3-5-13-21/h3-7,12-13,15-16,20,22H,2,8-11,14,17-19H2,1H3/t22-/m1/s1. The van der Waals surface area contributed by atoms with Crippen LogP contribution in [0, 0.1) is 11.7 Å². The Morgan fingerprint density at radius 3 is 2.54 bits per heavy atom. The molecule has 0 N–H and O–H groups in total. The van der Waals surface area contributed by atoms with Crippen LogP contribution in [-0.4, -0.2) is 39.8 Å². The Hall–Kier alpha value is -3.19. The van der Waals surface area contributed by atoms with Gasteiger partial charge in [0, 0.05) is 19.1 Å². The monoisotopic (exact) mass is 477 g/mol. The smallest absolute Gasteiger partial charge is 0.228 e. The summed E-state index contributed by atoms with van der Waals surface area (Å²) in [5, 5.41) is 4.85. The molecule has 0 bridgehead atoms. The van der Waals surface area contributed by atoms with Crippen molar-refractivity contribution in [1.82, 2.24) is 14.7 Å². The van der Waals surface area contributed by atoms with Crippen molar-refractivity contribution in [3.8, 4) is 17.3 Å². The van der Waals surface area contributed by atoms with Gasteiger partial charge >= 0.3 is 0 Å². The fraction of sp³-hybridized carbons (Fsp3) is 0.429. The Labute approximate surface area is 205 Å². The van der Waals surface area contributed by atoms with Crippen molar-refractivity contribution >= 4 is 5.91 Å². The molecule has 1 aliphatic heterocycles. The number of carbonyl (C=O) groups excluding carboxylic acids is 1. The molecule has 5 rings (SSSR count). The quantitative estimate of drug-likeness (QED) is 0.398. The number of rotatable bonds is 9. The van der Waals surface area contributed by atoms with Crippen molar-refractivity contribution in [3.63, 3.8) is 0 Å². The van der Waals surface area contributed by atoms with Gasteiger partial charge in [-0.05, 0) is 56.4 Å². The van der Waals surface area contributed by atoms with Gasteiger partial charge in [0.05, 0.1) is 29.6 Å². The highest BCUT2D eigenvalue weighted by Crippen LogP contribution is 2.35. The number of benzene rings is 2. The molecule has 184 valence electrons. The third-order valence-corrected chi connectivity index (χ3v) is 6.96. The third kappa shape index (κ3) is 5.10. The molecule has 0 spiro atoms. The van der Waals surface area contributed by atoms with Crippen molar-refractivity contribution in [1.29, 1.82) is 0 Å². The minimum absolute atomic E-state index is 0.0456. The molecular formula is C28H32FN3O3. The molecule has 2 aromatic carbocycles. The second-order valence-electron chi connectivity index (χ2n) is 9.35. The van der Waals surface area contributed by atoms with E-state index >= 15 is 0 Å². The predicted molar refractivity (Wildman–Crippen MR) is 131 cm³/mol. The summed E-state index contributed by atoms with van der Waals surface area (Å²) < 4.78 is 28.4. The van der Waals surface area contributed by atoms with E-state index in [4.69, 9.17) is 14.6 Å². The number of aromatic nitrogens is 2. The van der Waals surface area contributed by atoms with Gasteiger partial charge in [0.1, 0.15) is 0 Å². The lowest BCUT2D eigenvalue weighted by Crippen LogP contribution is -2.42. The molecule has 3 aromatic rings. The summed E-state index contributed by atoms with van der Waals surface area (Å²) in [6.45, 7) is 3.68. The van der Waals surface area contributed by atoms with Crippen LogP contribution in [0.2, 0.25) is 0 Å². The Kier molecular flexibility index (Phi) is 7.13. The van der Waals surface area contributed by atoms with E-state index in [9.17, 15) is 9.18 Å². The highest BCUT2D eigenvalue weighted by atomic mass is 19.1. The van der Waals surface area contributed by atoms with E-state index in [0.29, 0.717) is 25.4 Å². The van der Waals surface area contributed by atoms with Gasteiger partial charge in [-0.15, -0.1) is 0 Å². The first-order valence-electron chi connectivity index (χ1n) is 12.6. The van der Waals surface area contributed by atoms with Crippen LogP contribution in [0.5, 0.6) is 11.6 Å². The van der Waals surface area contributed by atoms with Crippen molar-refractivity contribution < 1.29 is 18.7 Å². The predicted octanol–water partition coefficient (Wildman–Crippen LogP) is 5.67. The maximum absolute atomic E-state index is 14.6. The SMILES string of the molecule is CCc1nn(-c2ccccc2)c(Oc2ccccc2F)c1CN(C[C@H]1CCCO1)C(=O)C1CCC1. The first kappa shape index (κ1) is 23.5. The van der Waals surface area contributed by atoms with Crippen LogP contribution >= 0.6 is 0 Å². The molecule has 2 aliphatic rings. The number of hydrogen-bond acceptors (Lipinski definition) is 4. The molecule has 2 heterocycles. The molecule has 1 aliphatic carbocycles. The van der Waals surface area contributed by atoms with E-state index < -0.39 is 5.82 Å². The van der Waals surface area contributed by atoms with Crippen molar-refractivity contribution in [3.05, 3.63) is 71.7 Å². The van der Waals surface area contributed by atoms with Crippen LogP contribution in [0.1, 0.15) is 50.3 Å². The summed E-state index contributed by atoms with van der Waals surface area (Å²) in [4.78, 5) is 15.4. The first-order chi connectivity index (χ1) is 17.1. The molecule has 1 aromatic heterocycles. The lowest BCUT2D eigenvalue weighted by molar-refractivity contribution is -0.140. The van der Waals surface area contributed by atoms with Crippen LogP contribution in [0.4, 0.5) is 4.39 Å². The zero-order valence-corrected chi connectivity index (χ0v) is 20.2. The van der Waals surface area contributed by atoms with E-state index in [1.54, 1.807) is 22.9 Å². The summed E-state index contributed by atoms with van der Waals surface area (Å²) in [6, 6.07) is 16.0. The largest absolute Gasteiger partial charge is 0.435 e. The van der Waals surface area contributed by atoms with Crippen molar-refractivity contribution in [2.75, 3.05) is 13.2 Å². The summed E-state index contributed by atoms with van der Waals surface area (Å²) in [6.07, 6.45) is 5.64. The average Bonchev–Trinajstić information content (AvgIpc) is 3.47. The van der Waals surface area contributed by atoms with E-state index in [-0.39, 0.29) is 23.7 Å². The highest BCUT2D eigenvalue weighted by Gasteiger charge is 2.33. The van der Waals surface area contributed by atoms with E-state index in [0.717, 1.165) is 55.7 Å². The van der Waals surface area contributed by atoms with Crippen LogP contribution in [0.15, 0.2) is 54.6 Å². The normalized spacial score (nSPS) is 17.8. The van der Waals surface area contributed by atoms with Crippen molar-refractivity contribution in [2.24, 2.45) is 5.92 Å². The van der Waals surface area contributed by atoms with Gasteiger partial charge in [0.2, 0.25) is 11.8 Å². The first-order valence-corrected chi connectivity index (χ1v) is 12.6. The molecule has 7 heteroatoms. The van der Waals surface area contributed by atoms with Gasteiger partial charge in [-0.2, -0.15) is 5.10 Å². The Morgan fingerprint density at radius 2 is 1.89 bits per heavy atom. The lowest BCUT2D eigenvalue weighted by Gasteiger charge is -2.33. The molecule has 35 heavy (non-hydrogen) atoms. The van der Waals surface area contributed by atoms with Gasteiger partial charge in [-0.1, -0.05) is 43.7 Å². The fourth-order valence-corrected chi connectivity index (χ4v) is 4.77. The minimum atomic E-state index is -0.445. The molecule has 1 atom stereocenters. The molecule has 1 saturated carbocycles. The number of hydrogen-bond donors (Lipinski definition) is 0. The second kappa shape index (κ2) is 10.6. The van der Waals surface area contributed by atoms with Crippen LogP contribution in [0.25, 0.3) is 5.69 Å². The molecular weight excluding hydrogens is 445 g/mol. The molecule has 2 fully saturated rings. The average molecular weight is 478 g/mol. The Morgan fingerprint density at radius 1 is 1.11 bits per heavy atom. The molecule has 0 radical (unpaired) electrons. The topological polar surface area (TPSA) is 56.6 Å². The number of nitrogens with zero attached hydrogens (tertiary/aromatic N) is 3. The van der Waals surface area contributed by atoms with Crippen LogP contribution in [-0.2, 0) is 22.5 Å². The minimum Gasteiger partial charge on any atom is -0.435 e. The summed E-state index contributed by atoms with van der Waals surface area (Å²) in [5.74, 6) is 0.361. The van der Waals surface area contributed by atoms with Crippen LogP contribution in [0.3, 0.4) is 0 Å². The molecule has 1 saturated heterocycles. The van der Waals surface area contributed by atoms with E-state index in [1.807, 2.05) is 42.2 Å². The number of carbonyl (C=O) groups is 1. The van der Waals surface area contributed by atoms with Gasteiger partial charge < -0.3 is 14.4 Å². The van der Waals surface area contributed by atoms with Gasteiger partial charge in [-0.25, -0.2) is 9.07 Å². The number of halogens is 1. The maximum atomic E-state index is 14.6.